The highest BCUT2D eigenvalue weighted by Gasteiger charge is 2.39. The number of rotatable bonds is 3. The lowest BCUT2D eigenvalue weighted by Crippen LogP contribution is -2.24. The van der Waals surface area contributed by atoms with Crippen LogP contribution in [-0.2, 0) is 20.1 Å². The molecule has 2 rings (SSSR count). The molecule has 2 atom stereocenters. The normalized spacial score (nSPS) is 28.2. The van der Waals surface area contributed by atoms with Gasteiger partial charge in [-0.2, -0.15) is 0 Å². The van der Waals surface area contributed by atoms with E-state index < -0.39 is 17.9 Å². The molecule has 17 heavy (non-hydrogen) atoms. The molecular weight excluding hydrogens is 244 g/mol. The van der Waals surface area contributed by atoms with Crippen molar-refractivity contribution in [3.05, 3.63) is 34.9 Å². The quantitative estimate of drug-likeness (QED) is 0.902. The summed E-state index contributed by atoms with van der Waals surface area (Å²) in [4.78, 5) is 10.6. The van der Waals surface area contributed by atoms with Crippen LogP contribution >= 0.6 is 11.6 Å². The zero-order chi connectivity index (χ0) is 12.5. The van der Waals surface area contributed by atoms with E-state index in [1.807, 2.05) is 12.1 Å². The molecule has 0 radical (unpaired) electrons. The van der Waals surface area contributed by atoms with Crippen molar-refractivity contribution in [2.24, 2.45) is 0 Å². The largest absolute Gasteiger partial charge is 0.481 e. The SMILES string of the molecule is CC1(c2ccc(Cl)cc2)OCC(CC(=O)O)O1. The summed E-state index contributed by atoms with van der Waals surface area (Å²) in [6.45, 7) is 2.06. The predicted molar refractivity (Wildman–Crippen MR) is 61.9 cm³/mol. The van der Waals surface area contributed by atoms with Crippen LogP contribution in [0.1, 0.15) is 18.9 Å². The van der Waals surface area contributed by atoms with Crippen molar-refractivity contribution in [3.63, 3.8) is 0 Å². The van der Waals surface area contributed by atoms with Gasteiger partial charge in [0.15, 0.2) is 5.79 Å². The molecular formula is C12H13ClO4. The summed E-state index contributed by atoms with van der Waals surface area (Å²) in [7, 11) is 0. The average Bonchev–Trinajstić information content (AvgIpc) is 2.61. The fourth-order valence-electron chi connectivity index (χ4n) is 1.84. The van der Waals surface area contributed by atoms with Gasteiger partial charge in [0.1, 0.15) is 0 Å². The van der Waals surface area contributed by atoms with Crippen molar-refractivity contribution in [2.45, 2.75) is 25.2 Å². The molecule has 0 bridgehead atoms. The zero-order valence-electron chi connectivity index (χ0n) is 9.35. The van der Waals surface area contributed by atoms with Gasteiger partial charge in [-0.15, -0.1) is 0 Å². The molecule has 0 saturated carbocycles. The van der Waals surface area contributed by atoms with E-state index in [1.54, 1.807) is 19.1 Å². The molecule has 4 nitrogen and oxygen atoms in total. The van der Waals surface area contributed by atoms with Crippen LogP contribution in [0.15, 0.2) is 24.3 Å². The van der Waals surface area contributed by atoms with E-state index in [9.17, 15) is 4.79 Å². The first-order valence-corrected chi connectivity index (χ1v) is 5.67. The summed E-state index contributed by atoms with van der Waals surface area (Å²) in [5.74, 6) is -1.77. The Kier molecular flexibility index (Phi) is 3.38. The van der Waals surface area contributed by atoms with Gasteiger partial charge in [-0.1, -0.05) is 23.7 Å². The maximum absolute atomic E-state index is 10.6. The Hall–Kier alpha value is -1.10. The average molecular weight is 257 g/mol. The minimum Gasteiger partial charge on any atom is -0.481 e. The minimum atomic E-state index is -0.890. The van der Waals surface area contributed by atoms with Crippen molar-refractivity contribution in [2.75, 3.05) is 6.61 Å². The molecule has 0 aromatic heterocycles. The van der Waals surface area contributed by atoms with Crippen LogP contribution in [0.4, 0.5) is 0 Å². The number of carbonyl (C=O) groups is 1. The second kappa shape index (κ2) is 4.64. The highest BCUT2D eigenvalue weighted by molar-refractivity contribution is 6.30. The fourth-order valence-corrected chi connectivity index (χ4v) is 1.96. The van der Waals surface area contributed by atoms with E-state index in [0.29, 0.717) is 5.02 Å². The smallest absolute Gasteiger partial charge is 0.306 e. The van der Waals surface area contributed by atoms with Gasteiger partial charge in [0.2, 0.25) is 0 Å². The number of aliphatic carboxylic acids is 1. The first-order chi connectivity index (χ1) is 7.99. The van der Waals surface area contributed by atoms with Crippen LogP contribution in [0.5, 0.6) is 0 Å². The topological polar surface area (TPSA) is 55.8 Å². The number of halogens is 1. The lowest BCUT2D eigenvalue weighted by atomic mass is 10.1. The van der Waals surface area contributed by atoms with E-state index in [0.717, 1.165) is 5.56 Å². The summed E-state index contributed by atoms with van der Waals surface area (Å²) in [5.41, 5.74) is 0.829. The minimum absolute atomic E-state index is 0.0524. The van der Waals surface area contributed by atoms with Crippen molar-refractivity contribution in [1.29, 1.82) is 0 Å². The molecule has 1 aliphatic rings. The van der Waals surface area contributed by atoms with Crippen LogP contribution in [0.3, 0.4) is 0 Å². The Morgan fingerprint density at radius 1 is 1.53 bits per heavy atom. The first-order valence-electron chi connectivity index (χ1n) is 5.29. The molecule has 0 aliphatic carbocycles. The van der Waals surface area contributed by atoms with Crippen molar-refractivity contribution < 1.29 is 19.4 Å². The predicted octanol–water partition coefficient (Wildman–Crippen LogP) is 2.40. The fraction of sp³-hybridized carbons (Fsp3) is 0.417. The van der Waals surface area contributed by atoms with E-state index in [2.05, 4.69) is 0 Å². The van der Waals surface area contributed by atoms with Crippen molar-refractivity contribution >= 4 is 17.6 Å². The number of benzene rings is 1. The van der Waals surface area contributed by atoms with Gasteiger partial charge in [-0.3, -0.25) is 4.79 Å². The maximum atomic E-state index is 10.6. The molecule has 1 aromatic rings. The summed E-state index contributed by atoms with van der Waals surface area (Å²) in [6, 6.07) is 7.12. The summed E-state index contributed by atoms with van der Waals surface area (Å²) < 4.78 is 11.2. The Bertz CT molecular complexity index is 417. The monoisotopic (exact) mass is 256 g/mol. The second-order valence-electron chi connectivity index (χ2n) is 4.10. The van der Waals surface area contributed by atoms with Gasteiger partial charge in [0.25, 0.3) is 0 Å². The van der Waals surface area contributed by atoms with Gasteiger partial charge >= 0.3 is 5.97 Å². The molecule has 1 N–H and O–H groups in total. The molecule has 5 heteroatoms. The lowest BCUT2D eigenvalue weighted by molar-refractivity contribution is -0.166. The molecule has 1 heterocycles. The Morgan fingerprint density at radius 3 is 2.76 bits per heavy atom. The van der Waals surface area contributed by atoms with Gasteiger partial charge < -0.3 is 14.6 Å². The van der Waals surface area contributed by atoms with Crippen LogP contribution in [-0.4, -0.2) is 23.8 Å². The molecule has 1 saturated heterocycles. The highest BCUT2D eigenvalue weighted by atomic mass is 35.5. The molecule has 1 aromatic carbocycles. The van der Waals surface area contributed by atoms with Gasteiger partial charge in [0.05, 0.1) is 19.1 Å². The maximum Gasteiger partial charge on any atom is 0.306 e. The highest BCUT2D eigenvalue weighted by Crippen LogP contribution is 2.35. The number of hydrogen-bond donors (Lipinski definition) is 1. The van der Waals surface area contributed by atoms with Gasteiger partial charge in [0, 0.05) is 10.6 Å². The van der Waals surface area contributed by atoms with E-state index >= 15 is 0 Å². The molecule has 0 spiro atoms. The third-order valence-corrected chi connectivity index (χ3v) is 2.96. The zero-order valence-corrected chi connectivity index (χ0v) is 10.1. The lowest BCUT2D eigenvalue weighted by Gasteiger charge is -2.23. The Balaban J connectivity index is 2.11. The van der Waals surface area contributed by atoms with E-state index in [-0.39, 0.29) is 13.0 Å². The second-order valence-corrected chi connectivity index (χ2v) is 4.54. The standard InChI is InChI=1S/C12H13ClO4/c1-12(8-2-4-9(13)5-3-8)16-7-10(17-12)6-11(14)15/h2-5,10H,6-7H2,1H3,(H,14,15). The summed E-state index contributed by atoms with van der Waals surface area (Å²) in [5, 5.41) is 9.33. The van der Waals surface area contributed by atoms with Crippen LogP contribution in [0.25, 0.3) is 0 Å². The molecule has 0 amide bonds. The molecule has 2 unspecified atom stereocenters. The van der Waals surface area contributed by atoms with Gasteiger partial charge in [-0.05, 0) is 19.1 Å². The molecule has 1 aliphatic heterocycles. The number of carboxylic acid groups (broad SMARTS) is 1. The number of ether oxygens (including phenoxy) is 2. The summed E-state index contributed by atoms with van der Waals surface area (Å²) >= 11 is 5.80. The van der Waals surface area contributed by atoms with Gasteiger partial charge in [-0.25, -0.2) is 0 Å². The van der Waals surface area contributed by atoms with Crippen LogP contribution in [0, 0.1) is 0 Å². The molecule has 92 valence electrons. The number of carboxylic acids is 1. The van der Waals surface area contributed by atoms with Crippen molar-refractivity contribution in [1.82, 2.24) is 0 Å². The van der Waals surface area contributed by atoms with Crippen LogP contribution < -0.4 is 0 Å². The molecule has 1 fully saturated rings. The van der Waals surface area contributed by atoms with Crippen LogP contribution in [0.2, 0.25) is 5.02 Å². The number of hydrogen-bond acceptors (Lipinski definition) is 3. The van der Waals surface area contributed by atoms with E-state index in [1.165, 1.54) is 0 Å². The third-order valence-electron chi connectivity index (χ3n) is 2.71. The van der Waals surface area contributed by atoms with Crippen molar-refractivity contribution in [3.8, 4) is 0 Å². The third kappa shape index (κ3) is 2.77. The first kappa shape index (κ1) is 12.4. The Labute approximate surface area is 104 Å². The summed E-state index contributed by atoms with van der Waals surface area (Å²) in [6.07, 6.45) is -0.461. The Morgan fingerprint density at radius 2 is 2.18 bits per heavy atom. The van der Waals surface area contributed by atoms with E-state index in [4.69, 9.17) is 26.2 Å².